The van der Waals surface area contributed by atoms with Gasteiger partial charge in [-0.1, -0.05) is 20.3 Å². The number of rotatable bonds is 3. The predicted octanol–water partition coefficient (Wildman–Crippen LogP) is 2.08. The Labute approximate surface area is 87.9 Å². The monoisotopic (exact) mass is 225 g/mol. The average molecular weight is 225 g/mol. The predicted molar refractivity (Wildman–Crippen MR) is 51.5 cm³/mol. The zero-order chi connectivity index (χ0) is 11.7. The highest BCUT2D eigenvalue weighted by molar-refractivity contribution is 4.90. The van der Waals surface area contributed by atoms with E-state index in [1.165, 1.54) is 0 Å². The highest BCUT2D eigenvalue weighted by Gasteiger charge is 2.40. The summed E-state index contributed by atoms with van der Waals surface area (Å²) in [6, 6.07) is 0.0782. The minimum atomic E-state index is -4.52. The Morgan fingerprint density at radius 3 is 2.47 bits per heavy atom. The normalized spacial score (nSPS) is 28.0. The number of nitrogens with one attached hydrogen (secondary N) is 1. The van der Waals surface area contributed by atoms with Crippen LogP contribution in [-0.2, 0) is 0 Å². The van der Waals surface area contributed by atoms with Crippen molar-refractivity contribution in [1.29, 1.82) is 0 Å². The largest absolute Gasteiger partial charge is 0.415 e. The Morgan fingerprint density at radius 1 is 1.47 bits per heavy atom. The fourth-order valence-electron chi connectivity index (χ4n) is 2.07. The Bertz CT molecular complexity index is 215. The summed E-state index contributed by atoms with van der Waals surface area (Å²) in [5, 5.41) is 11.6. The van der Waals surface area contributed by atoms with Crippen molar-refractivity contribution in [3.8, 4) is 0 Å². The maximum Gasteiger partial charge on any atom is 0.415 e. The van der Waals surface area contributed by atoms with E-state index in [1.54, 1.807) is 0 Å². The molecule has 1 fully saturated rings. The summed E-state index contributed by atoms with van der Waals surface area (Å²) in [4.78, 5) is 0. The third kappa shape index (κ3) is 3.34. The van der Waals surface area contributed by atoms with Crippen LogP contribution in [0.1, 0.15) is 33.1 Å². The number of hydrogen-bond donors (Lipinski definition) is 2. The molecule has 90 valence electrons. The molecule has 0 heterocycles. The number of hydrogen-bond acceptors (Lipinski definition) is 2. The fraction of sp³-hybridized carbons (Fsp3) is 1.00. The number of alkyl halides is 3. The van der Waals surface area contributed by atoms with E-state index in [1.807, 2.05) is 13.8 Å². The summed E-state index contributed by atoms with van der Waals surface area (Å²) in [5.41, 5.74) is 0.0331. The van der Waals surface area contributed by atoms with Gasteiger partial charge in [-0.05, 0) is 18.3 Å². The van der Waals surface area contributed by atoms with E-state index in [9.17, 15) is 13.2 Å². The molecule has 0 saturated heterocycles. The van der Waals surface area contributed by atoms with Gasteiger partial charge in [0.2, 0.25) is 0 Å². The van der Waals surface area contributed by atoms with E-state index < -0.39 is 18.8 Å². The molecule has 2 N–H and O–H groups in total. The van der Waals surface area contributed by atoms with Crippen LogP contribution in [0.3, 0.4) is 0 Å². The lowest BCUT2D eigenvalue weighted by atomic mass is 9.87. The van der Waals surface area contributed by atoms with Gasteiger partial charge in [0.05, 0.1) is 0 Å². The van der Waals surface area contributed by atoms with Crippen molar-refractivity contribution in [3.05, 3.63) is 0 Å². The van der Waals surface area contributed by atoms with Crippen molar-refractivity contribution in [2.24, 2.45) is 5.41 Å². The molecule has 0 bridgehead atoms. The highest BCUT2D eigenvalue weighted by Crippen LogP contribution is 2.37. The maximum atomic E-state index is 12.0. The van der Waals surface area contributed by atoms with Gasteiger partial charge in [-0.15, -0.1) is 0 Å². The standard InChI is InChI=1S/C10H18F3NO/c1-9(2)5-3-4-7(9)14-6-8(15)10(11,12)13/h7-8,14-15H,3-6H2,1-2H3. The lowest BCUT2D eigenvalue weighted by molar-refractivity contribution is -0.202. The van der Waals surface area contributed by atoms with Gasteiger partial charge in [0, 0.05) is 12.6 Å². The van der Waals surface area contributed by atoms with Gasteiger partial charge in [0.1, 0.15) is 0 Å². The second kappa shape index (κ2) is 4.29. The smallest absolute Gasteiger partial charge is 0.382 e. The Kier molecular flexibility index (Phi) is 3.66. The van der Waals surface area contributed by atoms with E-state index in [-0.39, 0.29) is 11.5 Å². The molecule has 0 aromatic rings. The molecule has 0 amide bonds. The fourth-order valence-corrected chi connectivity index (χ4v) is 2.07. The van der Waals surface area contributed by atoms with Crippen LogP contribution in [0.15, 0.2) is 0 Å². The summed E-state index contributed by atoms with van der Waals surface area (Å²) in [6.45, 7) is 3.67. The third-order valence-electron chi connectivity index (χ3n) is 3.19. The van der Waals surface area contributed by atoms with Crippen LogP contribution >= 0.6 is 0 Å². The first-order valence-corrected chi connectivity index (χ1v) is 5.21. The first kappa shape index (κ1) is 12.8. The lowest BCUT2D eigenvalue weighted by Gasteiger charge is -2.29. The van der Waals surface area contributed by atoms with Crippen molar-refractivity contribution in [3.63, 3.8) is 0 Å². The molecule has 2 atom stereocenters. The van der Waals surface area contributed by atoms with E-state index in [2.05, 4.69) is 5.32 Å². The molecule has 0 aromatic heterocycles. The van der Waals surface area contributed by atoms with Gasteiger partial charge >= 0.3 is 6.18 Å². The third-order valence-corrected chi connectivity index (χ3v) is 3.19. The SMILES string of the molecule is CC1(C)CCCC1NCC(O)C(F)(F)F. The van der Waals surface area contributed by atoms with Crippen molar-refractivity contribution >= 4 is 0 Å². The van der Waals surface area contributed by atoms with Gasteiger partial charge < -0.3 is 10.4 Å². The van der Waals surface area contributed by atoms with E-state index >= 15 is 0 Å². The average Bonchev–Trinajstić information content (AvgIpc) is 2.39. The number of aliphatic hydroxyl groups is 1. The molecule has 1 aliphatic rings. The van der Waals surface area contributed by atoms with Crippen molar-refractivity contribution in [2.75, 3.05) is 6.54 Å². The molecule has 1 rings (SSSR count). The first-order chi connectivity index (χ1) is 6.73. The summed E-state index contributed by atoms with van der Waals surface area (Å²) < 4.78 is 36.1. The van der Waals surface area contributed by atoms with Gasteiger partial charge in [-0.3, -0.25) is 0 Å². The number of aliphatic hydroxyl groups excluding tert-OH is 1. The second-order valence-electron chi connectivity index (χ2n) is 4.90. The molecule has 2 unspecified atom stereocenters. The van der Waals surface area contributed by atoms with E-state index in [0.29, 0.717) is 0 Å². The molecular formula is C10H18F3NO. The molecule has 1 saturated carbocycles. The molecule has 0 radical (unpaired) electrons. The zero-order valence-corrected chi connectivity index (χ0v) is 9.06. The second-order valence-corrected chi connectivity index (χ2v) is 4.90. The molecule has 2 nitrogen and oxygen atoms in total. The van der Waals surface area contributed by atoms with Crippen LogP contribution in [0.5, 0.6) is 0 Å². The molecule has 0 spiro atoms. The van der Waals surface area contributed by atoms with Gasteiger partial charge in [0.25, 0.3) is 0 Å². The van der Waals surface area contributed by atoms with Crippen molar-refractivity contribution in [1.82, 2.24) is 5.32 Å². The lowest BCUT2D eigenvalue weighted by Crippen LogP contribution is -2.45. The summed E-state index contributed by atoms with van der Waals surface area (Å²) in [6.07, 6.45) is -3.83. The van der Waals surface area contributed by atoms with Crippen molar-refractivity contribution < 1.29 is 18.3 Å². The topological polar surface area (TPSA) is 32.3 Å². The Balaban J connectivity index is 2.38. The zero-order valence-electron chi connectivity index (χ0n) is 9.06. The molecule has 15 heavy (non-hydrogen) atoms. The molecular weight excluding hydrogens is 207 g/mol. The van der Waals surface area contributed by atoms with Crippen LogP contribution < -0.4 is 5.32 Å². The highest BCUT2D eigenvalue weighted by atomic mass is 19.4. The molecule has 1 aliphatic carbocycles. The van der Waals surface area contributed by atoms with Crippen LogP contribution in [-0.4, -0.2) is 30.0 Å². The summed E-state index contributed by atoms with van der Waals surface area (Å²) in [5.74, 6) is 0. The van der Waals surface area contributed by atoms with Crippen LogP contribution in [0.25, 0.3) is 0 Å². The molecule has 5 heteroatoms. The molecule has 0 aromatic carbocycles. The van der Waals surface area contributed by atoms with Gasteiger partial charge in [-0.25, -0.2) is 0 Å². The summed E-state index contributed by atoms with van der Waals surface area (Å²) >= 11 is 0. The van der Waals surface area contributed by atoms with Gasteiger partial charge in [-0.2, -0.15) is 13.2 Å². The number of halogens is 3. The first-order valence-electron chi connectivity index (χ1n) is 5.21. The Hall–Kier alpha value is -0.290. The maximum absolute atomic E-state index is 12.0. The van der Waals surface area contributed by atoms with Crippen molar-refractivity contribution in [2.45, 2.75) is 51.4 Å². The molecule has 0 aliphatic heterocycles. The van der Waals surface area contributed by atoms with E-state index in [4.69, 9.17) is 5.11 Å². The quantitative estimate of drug-likeness (QED) is 0.770. The van der Waals surface area contributed by atoms with Gasteiger partial charge in [0.15, 0.2) is 6.10 Å². The Morgan fingerprint density at radius 2 is 2.07 bits per heavy atom. The van der Waals surface area contributed by atoms with E-state index in [0.717, 1.165) is 19.3 Å². The minimum absolute atomic E-state index is 0.0331. The van der Waals surface area contributed by atoms with Crippen LogP contribution in [0.2, 0.25) is 0 Å². The summed E-state index contributed by atoms with van der Waals surface area (Å²) in [7, 11) is 0. The van der Waals surface area contributed by atoms with Crippen LogP contribution in [0.4, 0.5) is 13.2 Å². The minimum Gasteiger partial charge on any atom is -0.382 e. The van der Waals surface area contributed by atoms with Crippen LogP contribution in [0, 0.1) is 5.41 Å².